The molecule has 2 N–H and O–H groups in total. The van der Waals surface area contributed by atoms with E-state index in [2.05, 4.69) is 15.9 Å². The van der Waals surface area contributed by atoms with Crippen LogP contribution in [-0.4, -0.2) is 26.0 Å². The number of benzene rings is 1. The molecule has 2 rings (SSSR count). The number of ether oxygens (including phenoxy) is 1. The van der Waals surface area contributed by atoms with Crippen molar-refractivity contribution in [3.63, 3.8) is 0 Å². The number of anilines is 1. The van der Waals surface area contributed by atoms with Gasteiger partial charge in [-0.2, -0.15) is 0 Å². The average molecular weight is 383 g/mol. The summed E-state index contributed by atoms with van der Waals surface area (Å²) < 4.78 is 29.9. The highest BCUT2D eigenvalue weighted by molar-refractivity contribution is 9.10. The number of halogens is 2. The van der Waals surface area contributed by atoms with Crippen molar-refractivity contribution in [2.75, 3.05) is 12.0 Å². The van der Waals surface area contributed by atoms with Gasteiger partial charge in [-0.25, -0.2) is 8.42 Å². The van der Waals surface area contributed by atoms with Crippen molar-refractivity contribution in [1.29, 1.82) is 0 Å². The van der Waals surface area contributed by atoms with Crippen LogP contribution in [0.25, 0.3) is 0 Å². The molecule has 0 saturated heterocycles. The molecule has 0 radical (unpaired) electrons. The van der Waals surface area contributed by atoms with Gasteiger partial charge >= 0.3 is 0 Å². The SMILES string of the molecule is CS(=O)(=O)C1CCCC(Oc2c(N)cc(Cl)cc2Br)C1. The van der Waals surface area contributed by atoms with Crippen molar-refractivity contribution in [3.05, 3.63) is 21.6 Å². The highest BCUT2D eigenvalue weighted by atomic mass is 79.9. The predicted molar refractivity (Wildman–Crippen MR) is 85.1 cm³/mol. The van der Waals surface area contributed by atoms with Gasteiger partial charge in [-0.15, -0.1) is 0 Å². The van der Waals surface area contributed by atoms with Crippen LogP contribution in [0.4, 0.5) is 5.69 Å². The van der Waals surface area contributed by atoms with Crippen molar-refractivity contribution in [2.45, 2.75) is 37.0 Å². The van der Waals surface area contributed by atoms with Crippen LogP contribution in [0.5, 0.6) is 5.75 Å². The maximum Gasteiger partial charge on any atom is 0.156 e. The number of hydrogen-bond acceptors (Lipinski definition) is 4. The van der Waals surface area contributed by atoms with Crippen LogP contribution in [-0.2, 0) is 9.84 Å². The first-order chi connectivity index (χ1) is 9.27. The molecular weight excluding hydrogens is 366 g/mol. The molecule has 20 heavy (non-hydrogen) atoms. The summed E-state index contributed by atoms with van der Waals surface area (Å²) in [4.78, 5) is 0. The van der Waals surface area contributed by atoms with Crippen LogP contribution in [0.2, 0.25) is 5.02 Å². The molecule has 4 nitrogen and oxygen atoms in total. The summed E-state index contributed by atoms with van der Waals surface area (Å²) in [5.41, 5.74) is 6.35. The lowest BCUT2D eigenvalue weighted by Gasteiger charge is -2.29. The van der Waals surface area contributed by atoms with Gasteiger partial charge in [0.15, 0.2) is 5.75 Å². The largest absolute Gasteiger partial charge is 0.487 e. The number of sulfone groups is 1. The summed E-state index contributed by atoms with van der Waals surface area (Å²) in [7, 11) is -3.02. The van der Waals surface area contributed by atoms with E-state index in [1.807, 2.05) is 0 Å². The summed E-state index contributed by atoms with van der Waals surface area (Å²) in [5.74, 6) is 0.536. The minimum absolute atomic E-state index is 0.136. The first kappa shape index (κ1) is 15.9. The Morgan fingerprint density at radius 3 is 2.70 bits per heavy atom. The van der Waals surface area contributed by atoms with E-state index < -0.39 is 9.84 Å². The number of nitrogens with two attached hydrogens (primary N) is 1. The highest BCUT2D eigenvalue weighted by Gasteiger charge is 2.30. The molecule has 2 atom stereocenters. The number of nitrogen functional groups attached to an aromatic ring is 1. The van der Waals surface area contributed by atoms with Crippen molar-refractivity contribution >= 4 is 43.1 Å². The Morgan fingerprint density at radius 1 is 1.40 bits per heavy atom. The van der Waals surface area contributed by atoms with E-state index in [1.165, 1.54) is 6.26 Å². The molecule has 1 aliphatic rings. The maximum atomic E-state index is 11.7. The summed E-state index contributed by atoms with van der Waals surface area (Å²) in [6.07, 6.45) is 4.03. The van der Waals surface area contributed by atoms with E-state index in [9.17, 15) is 8.42 Å². The van der Waals surface area contributed by atoms with Crippen LogP contribution in [0.15, 0.2) is 16.6 Å². The van der Waals surface area contributed by atoms with Crippen LogP contribution in [0, 0.1) is 0 Å². The molecule has 0 aliphatic heterocycles. The Balaban J connectivity index is 2.14. The molecule has 2 unspecified atom stereocenters. The molecule has 7 heteroatoms. The lowest BCUT2D eigenvalue weighted by Crippen LogP contribution is -2.33. The Kier molecular flexibility index (Phi) is 4.87. The zero-order chi connectivity index (χ0) is 14.9. The van der Waals surface area contributed by atoms with Gasteiger partial charge in [-0.3, -0.25) is 0 Å². The summed E-state index contributed by atoms with van der Waals surface area (Å²) in [5, 5.41) is 0.202. The summed E-state index contributed by atoms with van der Waals surface area (Å²) >= 11 is 9.27. The van der Waals surface area contributed by atoms with Crippen molar-refractivity contribution in [3.8, 4) is 5.75 Å². The van der Waals surface area contributed by atoms with Gasteiger partial charge < -0.3 is 10.5 Å². The maximum absolute atomic E-state index is 11.7. The predicted octanol–water partition coefficient (Wildman–Crippen LogP) is 3.42. The molecule has 0 heterocycles. The molecule has 112 valence electrons. The van der Waals surface area contributed by atoms with E-state index in [0.717, 1.165) is 12.8 Å². The second kappa shape index (κ2) is 6.12. The van der Waals surface area contributed by atoms with Crippen LogP contribution in [0.1, 0.15) is 25.7 Å². The highest BCUT2D eigenvalue weighted by Crippen LogP contribution is 2.37. The van der Waals surface area contributed by atoms with Gasteiger partial charge in [0, 0.05) is 17.7 Å². The zero-order valence-electron chi connectivity index (χ0n) is 11.1. The van der Waals surface area contributed by atoms with Crippen molar-refractivity contribution in [1.82, 2.24) is 0 Å². The first-order valence-electron chi connectivity index (χ1n) is 6.37. The van der Waals surface area contributed by atoms with Gasteiger partial charge in [0.2, 0.25) is 0 Å². The Hall–Kier alpha value is -0.460. The van der Waals surface area contributed by atoms with E-state index >= 15 is 0 Å². The molecular formula is C13H17BrClNO3S. The quantitative estimate of drug-likeness (QED) is 0.813. The fraction of sp³-hybridized carbons (Fsp3) is 0.538. The van der Waals surface area contributed by atoms with Gasteiger partial charge in [0.25, 0.3) is 0 Å². The average Bonchev–Trinajstić information content (AvgIpc) is 2.33. The Labute approximate surface area is 132 Å². The minimum atomic E-state index is -3.02. The van der Waals surface area contributed by atoms with Gasteiger partial charge in [0.1, 0.15) is 15.9 Å². The van der Waals surface area contributed by atoms with E-state index in [0.29, 0.717) is 33.8 Å². The van der Waals surface area contributed by atoms with Crippen molar-refractivity contribution < 1.29 is 13.2 Å². The third-order valence-corrected chi connectivity index (χ3v) is 5.95. The molecule has 0 spiro atoms. The molecule has 1 saturated carbocycles. The van der Waals surface area contributed by atoms with Gasteiger partial charge in [0.05, 0.1) is 15.4 Å². The van der Waals surface area contributed by atoms with E-state index in [1.54, 1.807) is 12.1 Å². The fourth-order valence-corrected chi connectivity index (χ4v) is 4.56. The number of hydrogen-bond donors (Lipinski definition) is 1. The second-order valence-corrected chi connectivity index (χ2v) is 8.78. The van der Waals surface area contributed by atoms with Gasteiger partial charge in [-0.1, -0.05) is 11.6 Å². The topological polar surface area (TPSA) is 69.4 Å². The van der Waals surface area contributed by atoms with Crippen molar-refractivity contribution in [2.24, 2.45) is 0 Å². The first-order valence-corrected chi connectivity index (χ1v) is 9.50. The standard InChI is InChI=1S/C13H17BrClNO3S/c1-20(17,18)10-4-2-3-9(7-10)19-13-11(14)5-8(15)6-12(13)16/h5-6,9-10H,2-4,7,16H2,1H3. The van der Waals surface area contributed by atoms with Crippen LogP contribution >= 0.6 is 27.5 Å². The Morgan fingerprint density at radius 2 is 2.10 bits per heavy atom. The summed E-state index contributed by atoms with van der Waals surface area (Å²) in [6.45, 7) is 0. The molecule has 0 bridgehead atoms. The van der Waals surface area contributed by atoms with E-state index in [4.69, 9.17) is 22.1 Å². The molecule has 1 aliphatic carbocycles. The minimum Gasteiger partial charge on any atom is -0.487 e. The lowest BCUT2D eigenvalue weighted by atomic mass is 9.97. The summed E-state index contributed by atoms with van der Waals surface area (Å²) in [6, 6.07) is 3.34. The molecule has 1 aromatic rings. The normalized spacial score (nSPS) is 23.6. The lowest BCUT2D eigenvalue weighted by molar-refractivity contribution is 0.156. The fourth-order valence-electron chi connectivity index (χ4n) is 2.47. The van der Waals surface area contributed by atoms with Crippen LogP contribution < -0.4 is 10.5 Å². The molecule has 0 amide bonds. The smallest absolute Gasteiger partial charge is 0.156 e. The molecule has 1 aromatic carbocycles. The second-order valence-electron chi connectivity index (χ2n) is 5.16. The third-order valence-electron chi connectivity index (χ3n) is 3.51. The molecule has 0 aromatic heterocycles. The monoisotopic (exact) mass is 381 g/mol. The third kappa shape index (κ3) is 3.80. The van der Waals surface area contributed by atoms with Gasteiger partial charge in [-0.05, 0) is 47.3 Å². The Bertz CT molecular complexity index is 583. The zero-order valence-corrected chi connectivity index (χ0v) is 14.3. The molecule has 1 fully saturated rings. The van der Waals surface area contributed by atoms with E-state index in [-0.39, 0.29) is 11.4 Å². The van der Waals surface area contributed by atoms with Crippen LogP contribution in [0.3, 0.4) is 0 Å². The number of rotatable bonds is 3.